The third-order valence-corrected chi connectivity index (χ3v) is 4.32. The number of nitrogen functional groups attached to an aromatic ring is 1. The van der Waals surface area contributed by atoms with E-state index in [1.165, 1.54) is 6.07 Å². The Balaban J connectivity index is 2.37. The Hall–Kier alpha value is -2.94. The van der Waals surface area contributed by atoms with Crippen LogP contribution < -0.4 is 5.73 Å². The molecule has 0 radical (unpaired) electrons. The van der Waals surface area contributed by atoms with Crippen molar-refractivity contribution in [1.29, 1.82) is 5.26 Å². The lowest BCUT2D eigenvalue weighted by Gasteiger charge is -2.24. The van der Waals surface area contributed by atoms with Gasteiger partial charge in [-0.2, -0.15) is 5.26 Å². The highest BCUT2D eigenvalue weighted by Gasteiger charge is 2.28. The van der Waals surface area contributed by atoms with Crippen LogP contribution >= 0.6 is 0 Å². The van der Waals surface area contributed by atoms with Crippen molar-refractivity contribution in [3.63, 3.8) is 0 Å². The molecule has 6 heteroatoms. The lowest BCUT2D eigenvalue weighted by Crippen LogP contribution is -2.17. The second-order valence-corrected chi connectivity index (χ2v) is 5.91. The van der Waals surface area contributed by atoms with E-state index in [9.17, 15) is 15.4 Å². The van der Waals surface area contributed by atoms with Crippen molar-refractivity contribution in [2.24, 2.45) is 5.92 Å². The molecule has 116 valence electrons. The summed E-state index contributed by atoms with van der Waals surface area (Å²) in [6.45, 7) is 2.13. The van der Waals surface area contributed by atoms with Crippen LogP contribution in [0.2, 0.25) is 0 Å². The number of aromatic nitrogens is 1. The number of hydrogen-bond acceptors (Lipinski definition) is 5. The Morgan fingerprint density at radius 1 is 1.43 bits per heavy atom. The van der Waals surface area contributed by atoms with Gasteiger partial charge in [0.05, 0.1) is 10.5 Å². The first-order valence-electron chi connectivity index (χ1n) is 7.48. The number of para-hydroxylation sites is 1. The van der Waals surface area contributed by atoms with Gasteiger partial charge in [-0.05, 0) is 36.8 Å². The first kappa shape index (κ1) is 15.0. The normalized spacial score (nSPS) is 16.4. The van der Waals surface area contributed by atoms with E-state index in [0.29, 0.717) is 17.0 Å². The Morgan fingerprint density at radius 2 is 2.17 bits per heavy atom. The van der Waals surface area contributed by atoms with Gasteiger partial charge in [0.15, 0.2) is 0 Å². The van der Waals surface area contributed by atoms with Gasteiger partial charge >= 0.3 is 0 Å². The fourth-order valence-electron chi connectivity index (χ4n) is 3.21. The van der Waals surface area contributed by atoms with Crippen LogP contribution in [0.1, 0.15) is 30.2 Å². The molecule has 1 atom stereocenters. The molecule has 6 nitrogen and oxygen atoms in total. The Bertz CT molecular complexity index is 839. The summed E-state index contributed by atoms with van der Waals surface area (Å²) in [5.41, 5.74) is 8.95. The summed E-state index contributed by atoms with van der Waals surface area (Å²) in [6.07, 6.45) is 2.53. The van der Waals surface area contributed by atoms with Crippen molar-refractivity contribution >= 4 is 11.5 Å². The standard InChI is InChI=1S/C17H16N4O2/c1-10-6-7-14-12(8-10)16(13(9-18)17(19)20-14)11-4-2-3-5-15(11)21(22)23/h2-5,10H,6-8H2,1H3,(H2,19,20). The van der Waals surface area contributed by atoms with Gasteiger partial charge in [0.2, 0.25) is 0 Å². The zero-order valence-corrected chi connectivity index (χ0v) is 12.7. The average Bonchev–Trinajstić information content (AvgIpc) is 2.54. The molecule has 3 rings (SSSR count). The Kier molecular flexibility index (Phi) is 3.70. The third-order valence-electron chi connectivity index (χ3n) is 4.32. The number of nitro benzene ring substituents is 1. The average molecular weight is 308 g/mol. The summed E-state index contributed by atoms with van der Waals surface area (Å²) >= 11 is 0. The van der Waals surface area contributed by atoms with E-state index in [2.05, 4.69) is 18.0 Å². The van der Waals surface area contributed by atoms with E-state index < -0.39 is 4.92 Å². The molecule has 0 bridgehead atoms. The number of hydrogen-bond donors (Lipinski definition) is 1. The van der Waals surface area contributed by atoms with Crippen LogP contribution in [0.5, 0.6) is 0 Å². The molecule has 23 heavy (non-hydrogen) atoms. The highest BCUT2D eigenvalue weighted by atomic mass is 16.6. The summed E-state index contributed by atoms with van der Waals surface area (Å²) < 4.78 is 0. The molecule has 1 aromatic carbocycles. The fraction of sp³-hybridized carbons (Fsp3) is 0.294. The number of nitrogens with zero attached hydrogens (tertiary/aromatic N) is 3. The molecular weight excluding hydrogens is 292 g/mol. The lowest BCUT2D eigenvalue weighted by atomic mass is 9.82. The molecule has 0 aliphatic heterocycles. The number of pyridine rings is 1. The van der Waals surface area contributed by atoms with E-state index in [1.54, 1.807) is 18.2 Å². The highest BCUT2D eigenvalue weighted by molar-refractivity contribution is 5.84. The van der Waals surface area contributed by atoms with Gasteiger partial charge < -0.3 is 5.73 Å². The molecule has 0 spiro atoms. The summed E-state index contributed by atoms with van der Waals surface area (Å²) in [6, 6.07) is 8.56. The summed E-state index contributed by atoms with van der Waals surface area (Å²) in [5.74, 6) is 0.593. The maximum atomic E-state index is 11.4. The van der Waals surface area contributed by atoms with E-state index in [1.807, 2.05) is 0 Å². The summed E-state index contributed by atoms with van der Waals surface area (Å²) in [5, 5.41) is 20.9. The minimum atomic E-state index is -0.425. The van der Waals surface area contributed by atoms with Gasteiger partial charge in [0.25, 0.3) is 5.69 Å². The van der Waals surface area contributed by atoms with Crippen LogP contribution in [0, 0.1) is 27.4 Å². The van der Waals surface area contributed by atoms with E-state index in [4.69, 9.17) is 5.73 Å². The third kappa shape index (κ3) is 2.50. The number of fused-ring (bicyclic) bond motifs is 1. The van der Waals surface area contributed by atoms with Gasteiger partial charge in [-0.25, -0.2) is 4.98 Å². The van der Waals surface area contributed by atoms with Crippen molar-refractivity contribution < 1.29 is 4.92 Å². The predicted octanol–water partition coefficient (Wildman–Crippen LogP) is 3.24. The maximum Gasteiger partial charge on any atom is 0.277 e. The molecule has 1 unspecified atom stereocenters. The van der Waals surface area contributed by atoms with Crippen molar-refractivity contribution in [2.75, 3.05) is 5.73 Å². The SMILES string of the molecule is CC1CCc2nc(N)c(C#N)c(-c3ccccc3[N+](=O)[O-])c2C1. The van der Waals surface area contributed by atoms with E-state index in [-0.39, 0.29) is 17.1 Å². The van der Waals surface area contributed by atoms with Crippen LogP contribution in [-0.4, -0.2) is 9.91 Å². The monoisotopic (exact) mass is 308 g/mol. The van der Waals surface area contributed by atoms with Crippen molar-refractivity contribution in [3.05, 3.63) is 51.2 Å². The predicted molar refractivity (Wildman–Crippen MR) is 86.6 cm³/mol. The quantitative estimate of drug-likeness (QED) is 0.677. The summed E-state index contributed by atoms with van der Waals surface area (Å²) in [7, 11) is 0. The van der Waals surface area contributed by atoms with Gasteiger partial charge in [-0.3, -0.25) is 10.1 Å². The molecule has 0 fully saturated rings. The first-order valence-corrected chi connectivity index (χ1v) is 7.48. The number of nitriles is 1. The van der Waals surface area contributed by atoms with Crippen molar-refractivity contribution in [1.82, 2.24) is 4.98 Å². The molecule has 0 amide bonds. The first-order chi connectivity index (χ1) is 11.0. The largest absolute Gasteiger partial charge is 0.383 e. The number of rotatable bonds is 2. The molecule has 1 aromatic heterocycles. The van der Waals surface area contributed by atoms with Crippen LogP contribution in [0.4, 0.5) is 11.5 Å². The molecule has 1 heterocycles. The van der Waals surface area contributed by atoms with Crippen molar-refractivity contribution in [3.8, 4) is 17.2 Å². The van der Waals surface area contributed by atoms with Gasteiger partial charge in [-0.1, -0.05) is 19.1 Å². The molecule has 2 N–H and O–H groups in total. The number of aryl methyl sites for hydroxylation is 1. The van der Waals surface area contributed by atoms with Crippen LogP contribution in [0.15, 0.2) is 24.3 Å². The van der Waals surface area contributed by atoms with E-state index >= 15 is 0 Å². The summed E-state index contributed by atoms with van der Waals surface area (Å²) in [4.78, 5) is 15.3. The molecular formula is C17H16N4O2. The van der Waals surface area contributed by atoms with Crippen molar-refractivity contribution in [2.45, 2.75) is 26.2 Å². The lowest BCUT2D eigenvalue weighted by molar-refractivity contribution is -0.384. The Morgan fingerprint density at radius 3 is 2.87 bits per heavy atom. The number of anilines is 1. The second-order valence-electron chi connectivity index (χ2n) is 5.91. The zero-order valence-electron chi connectivity index (χ0n) is 12.7. The topological polar surface area (TPSA) is 106 Å². The smallest absolute Gasteiger partial charge is 0.277 e. The van der Waals surface area contributed by atoms with Gasteiger partial charge in [0.1, 0.15) is 17.5 Å². The van der Waals surface area contributed by atoms with Crippen LogP contribution in [0.25, 0.3) is 11.1 Å². The molecule has 0 saturated heterocycles. The Labute approximate surface area is 133 Å². The molecule has 2 aromatic rings. The fourth-order valence-corrected chi connectivity index (χ4v) is 3.21. The van der Waals surface area contributed by atoms with Gasteiger partial charge in [-0.15, -0.1) is 0 Å². The van der Waals surface area contributed by atoms with Crippen LogP contribution in [-0.2, 0) is 12.8 Å². The van der Waals surface area contributed by atoms with Gasteiger partial charge in [0, 0.05) is 17.3 Å². The number of benzene rings is 1. The highest BCUT2D eigenvalue weighted by Crippen LogP contribution is 2.40. The van der Waals surface area contributed by atoms with Crippen LogP contribution in [0.3, 0.4) is 0 Å². The zero-order chi connectivity index (χ0) is 16.6. The minimum absolute atomic E-state index is 0.0185. The maximum absolute atomic E-state index is 11.4. The number of nitro groups is 1. The second kappa shape index (κ2) is 5.69. The minimum Gasteiger partial charge on any atom is -0.383 e. The van der Waals surface area contributed by atoms with E-state index in [0.717, 1.165) is 30.5 Å². The number of nitrogens with two attached hydrogens (primary N) is 1. The molecule has 0 saturated carbocycles. The molecule has 1 aliphatic carbocycles. The molecule has 1 aliphatic rings.